The van der Waals surface area contributed by atoms with Crippen molar-refractivity contribution in [3.05, 3.63) is 157 Å². The molecule has 0 aliphatic rings. The molecule has 1 heterocycles. The Morgan fingerprint density at radius 2 is 1.14 bits per heavy atom. The van der Waals surface area contributed by atoms with Gasteiger partial charge in [0.15, 0.2) is 0 Å². The van der Waals surface area contributed by atoms with Crippen LogP contribution in [0.2, 0.25) is 0 Å². The number of imidazole rings is 1. The van der Waals surface area contributed by atoms with E-state index in [4.69, 9.17) is 16.4 Å². The predicted molar refractivity (Wildman–Crippen MR) is 177 cm³/mol. The molecule has 0 fully saturated rings. The minimum atomic E-state index is -2.65. The molecular weight excluding hydrogens is 508 g/mol. The predicted octanol–water partition coefficient (Wildman–Crippen LogP) is 10.6. The third-order valence-electron chi connectivity index (χ3n) is 7.29. The third-order valence-corrected chi connectivity index (χ3v) is 7.29. The van der Waals surface area contributed by atoms with Crippen molar-refractivity contribution in [1.82, 2.24) is 9.55 Å². The molecule has 1 aromatic heterocycles. The van der Waals surface area contributed by atoms with Gasteiger partial charge in [-0.25, -0.2) is 4.98 Å². The van der Waals surface area contributed by atoms with E-state index in [9.17, 15) is 5.48 Å². The van der Waals surface area contributed by atoms with Gasteiger partial charge in [-0.15, -0.1) is 0 Å². The number of hydrogen-bond acceptors (Lipinski definition) is 1. The minimum Gasteiger partial charge on any atom is -0.297 e. The number of rotatable bonds is 4. The molecule has 7 aromatic carbocycles. The topological polar surface area (TPSA) is 17.8 Å². The van der Waals surface area contributed by atoms with Crippen molar-refractivity contribution < 1.29 is 21.9 Å². The monoisotopic (exact) mass is 552 g/mol. The van der Waals surface area contributed by atoms with E-state index in [0.717, 1.165) is 0 Å². The van der Waals surface area contributed by atoms with Crippen LogP contribution < -0.4 is 0 Å². The summed E-state index contributed by atoms with van der Waals surface area (Å²) in [4.78, 5) is 4.40. The molecule has 0 aliphatic heterocycles. The molecule has 42 heavy (non-hydrogen) atoms. The summed E-state index contributed by atoms with van der Waals surface area (Å²) in [5.74, 6) is -0.230. The van der Waals surface area contributed by atoms with Crippen LogP contribution in [-0.4, -0.2) is 9.55 Å². The molecule has 8 aromatic rings. The first-order chi connectivity index (χ1) is 27.4. The number of aryl methyl sites for hydroxylation is 1. The maximum Gasteiger partial charge on any atom is 0.111 e. The van der Waals surface area contributed by atoms with Crippen molar-refractivity contribution in [2.45, 2.75) is 6.85 Å². The summed E-state index contributed by atoms with van der Waals surface area (Å²) < 4.78 is 139. The molecular formula is C40H28N2. The van der Waals surface area contributed by atoms with Crippen molar-refractivity contribution in [2.75, 3.05) is 0 Å². The van der Waals surface area contributed by atoms with Crippen LogP contribution in [0.15, 0.2) is 151 Å². The van der Waals surface area contributed by atoms with Gasteiger partial charge in [0.2, 0.25) is 0 Å². The maximum atomic E-state index is 9.27. The lowest BCUT2D eigenvalue weighted by Crippen LogP contribution is -1.97. The van der Waals surface area contributed by atoms with Crippen LogP contribution >= 0.6 is 0 Å². The first kappa shape index (κ1) is 13.0. The van der Waals surface area contributed by atoms with Gasteiger partial charge >= 0.3 is 0 Å². The van der Waals surface area contributed by atoms with Gasteiger partial charge in [-0.3, -0.25) is 4.57 Å². The van der Waals surface area contributed by atoms with Crippen LogP contribution in [0.3, 0.4) is 0 Å². The summed E-state index contributed by atoms with van der Waals surface area (Å²) in [5.41, 5.74) is 2.04. The molecule has 0 unspecified atom stereocenters. The van der Waals surface area contributed by atoms with E-state index in [2.05, 4.69) is 4.98 Å². The Kier molecular flexibility index (Phi) is 3.06. The highest BCUT2D eigenvalue weighted by atomic mass is 15.1. The third kappa shape index (κ3) is 3.92. The standard InChI is InChI=1S/C40H28N2/c1-27-41-37-20-9-10-21-38(37)42(27)32-15-11-14-31(26-32)40-35-18-7-5-16-33(35)39(34-17-6-8-19-36(34)40)30-24-22-29(23-25-30)28-12-3-2-4-13-28/h2-26H,1H3/i1D3,2D,3D,4D,5D,6D,7D,8D,12D,13D,16D,17D,18D,19D. The van der Waals surface area contributed by atoms with E-state index in [1.165, 1.54) is 28.8 Å². The average Bonchev–Trinajstić information content (AvgIpc) is 3.62. The van der Waals surface area contributed by atoms with Crippen LogP contribution in [0.25, 0.3) is 71.6 Å². The molecule has 2 nitrogen and oxygen atoms in total. The lowest BCUT2D eigenvalue weighted by molar-refractivity contribution is 1.00. The smallest absolute Gasteiger partial charge is 0.111 e. The van der Waals surface area contributed by atoms with E-state index < -0.39 is 85.4 Å². The fourth-order valence-corrected chi connectivity index (χ4v) is 5.49. The highest BCUT2D eigenvalue weighted by Crippen LogP contribution is 2.44. The van der Waals surface area contributed by atoms with E-state index in [-0.39, 0.29) is 60.8 Å². The SMILES string of the molecule is [2H]c1c([2H])c([2H])c(-c2ccc(-c3c4c([2H])c([2H])c([2H])c([2H])c4c(-c4cccc(-n5c(C([2H])([2H])[2H])nc6ccccc65)c4)c4c([2H])c([2H])c([2H])c([2H])c34)cc2)c([2H])c1[2H]. The molecule has 198 valence electrons. The van der Waals surface area contributed by atoms with Gasteiger partial charge in [-0.05, 0) is 86.0 Å². The van der Waals surface area contributed by atoms with Gasteiger partial charge < -0.3 is 0 Å². The molecule has 0 aliphatic carbocycles. The number of aromatic nitrogens is 2. The number of hydrogen-bond donors (Lipinski definition) is 0. The Balaban J connectivity index is 1.51. The van der Waals surface area contributed by atoms with Gasteiger partial charge in [0.1, 0.15) is 5.82 Å². The molecule has 2 heteroatoms. The minimum absolute atomic E-state index is 0.0572. The van der Waals surface area contributed by atoms with Crippen molar-refractivity contribution in [1.29, 1.82) is 0 Å². The Morgan fingerprint density at radius 1 is 0.548 bits per heavy atom. The molecule has 0 N–H and O–H groups in total. The molecule has 0 spiro atoms. The van der Waals surface area contributed by atoms with Crippen molar-refractivity contribution >= 4 is 32.6 Å². The first-order valence-corrected chi connectivity index (χ1v) is 13.1. The van der Waals surface area contributed by atoms with E-state index in [1.807, 2.05) is 0 Å². The second-order valence-electron chi connectivity index (χ2n) is 9.64. The van der Waals surface area contributed by atoms with Crippen molar-refractivity contribution in [3.8, 4) is 39.1 Å². The number of fused-ring (bicyclic) bond motifs is 3. The Hall–Kier alpha value is -5.47. The Bertz CT molecular complexity index is 2970. The Labute approximate surface area is 267 Å². The van der Waals surface area contributed by atoms with E-state index in [0.29, 0.717) is 16.7 Å². The molecule has 0 atom stereocenters. The first-order valence-electron chi connectivity index (χ1n) is 21.1. The van der Waals surface area contributed by atoms with Crippen molar-refractivity contribution in [2.24, 2.45) is 0 Å². The van der Waals surface area contributed by atoms with Crippen LogP contribution in [0, 0.1) is 6.85 Å². The largest absolute Gasteiger partial charge is 0.297 e. The normalized spacial score (nSPS) is 17.1. The highest BCUT2D eigenvalue weighted by molar-refractivity contribution is 6.21. The zero-order chi connectivity index (χ0) is 41.9. The summed E-state index contributed by atoms with van der Waals surface area (Å²) in [6.45, 7) is -2.65. The summed E-state index contributed by atoms with van der Waals surface area (Å²) in [7, 11) is 0. The number of nitrogens with zero attached hydrogens (tertiary/aromatic N) is 2. The zero-order valence-electron chi connectivity index (χ0n) is 37.8. The summed E-state index contributed by atoms with van der Waals surface area (Å²) in [6.07, 6.45) is 0. The molecule has 0 bridgehead atoms. The average molecular weight is 553 g/mol. The van der Waals surface area contributed by atoms with Gasteiger partial charge in [0, 0.05) is 9.80 Å². The van der Waals surface area contributed by atoms with Crippen LogP contribution in [0.4, 0.5) is 0 Å². The second kappa shape index (κ2) is 9.87. The quantitative estimate of drug-likeness (QED) is 0.199. The Morgan fingerprint density at radius 3 is 1.81 bits per heavy atom. The summed E-state index contributed by atoms with van der Waals surface area (Å²) >= 11 is 0. The number of benzene rings is 7. The fraction of sp³-hybridized carbons (Fsp3) is 0.0250. The molecule has 0 amide bonds. The lowest BCUT2D eigenvalue weighted by Gasteiger charge is -2.18. The summed E-state index contributed by atoms with van der Waals surface area (Å²) in [5, 5.41) is -0.236. The lowest BCUT2D eigenvalue weighted by atomic mass is 9.85. The van der Waals surface area contributed by atoms with Gasteiger partial charge in [0.25, 0.3) is 0 Å². The van der Waals surface area contributed by atoms with E-state index in [1.54, 1.807) is 48.5 Å². The molecule has 0 radical (unpaired) electrons. The van der Waals surface area contributed by atoms with Gasteiger partial charge in [0.05, 0.1) is 28.9 Å². The molecule has 0 saturated carbocycles. The number of para-hydroxylation sites is 2. The highest BCUT2D eigenvalue weighted by Gasteiger charge is 2.17. The summed E-state index contributed by atoms with van der Waals surface area (Å²) in [6, 6.07) is 12.5. The molecule has 8 rings (SSSR count). The van der Waals surface area contributed by atoms with Crippen molar-refractivity contribution in [3.63, 3.8) is 0 Å². The fourth-order valence-electron chi connectivity index (χ4n) is 5.49. The molecule has 0 saturated heterocycles. The van der Waals surface area contributed by atoms with Crippen LogP contribution in [-0.2, 0) is 0 Å². The zero-order valence-corrected chi connectivity index (χ0v) is 21.8. The maximum absolute atomic E-state index is 9.27. The van der Waals surface area contributed by atoms with Crippen LogP contribution in [0.5, 0.6) is 0 Å². The second-order valence-corrected chi connectivity index (χ2v) is 9.64. The van der Waals surface area contributed by atoms with E-state index >= 15 is 0 Å². The van der Waals surface area contributed by atoms with Gasteiger partial charge in [-0.1, -0.05) is 127 Å². The van der Waals surface area contributed by atoms with Crippen LogP contribution in [0.1, 0.15) is 27.8 Å². The van der Waals surface area contributed by atoms with Gasteiger partial charge in [-0.2, -0.15) is 0 Å².